The fraction of sp³-hybridized carbons (Fsp3) is 0.786. The molecular formula is C14H19N3O2. The third kappa shape index (κ3) is 1.90. The van der Waals surface area contributed by atoms with Crippen LogP contribution in [0.25, 0.3) is 0 Å². The summed E-state index contributed by atoms with van der Waals surface area (Å²) in [5.74, 6) is 0.222. The van der Waals surface area contributed by atoms with Crippen LogP contribution in [0.15, 0.2) is 0 Å². The Morgan fingerprint density at radius 2 is 2.05 bits per heavy atom. The zero-order valence-electron chi connectivity index (χ0n) is 11.1. The van der Waals surface area contributed by atoms with Crippen molar-refractivity contribution in [3.05, 3.63) is 0 Å². The molecule has 2 aliphatic heterocycles. The predicted molar refractivity (Wildman–Crippen MR) is 67.8 cm³/mol. The number of piperazine rings is 1. The zero-order valence-corrected chi connectivity index (χ0v) is 11.1. The molecule has 0 spiro atoms. The average molecular weight is 261 g/mol. The Balaban J connectivity index is 1.72. The van der Waals surface area contributed by atoms with Gasteiger partial charge in [0.05, 0.1) is 6.07 Å². The zero-order chi connectivity index (χ0) is 13.5. The number of rotatable bonds is 1. The molecular weight excluding hydrogens is 242 g/mol. The predicted octanol–water partition coefficient (Wildman–Crippen LogP) is 0.904. The minimum Gasteiger partial charge on any atom is -0.337 e. The van der Waals surface area contributed by atoms with Crippen LogP contribution in [0.3, 0.4) is 0 Å². The Morgan fingerprint density at radius 1 is 1.32 bits per heavy atom. The molecule has 1 aliphatic carbocycles. The van der Waals surface area contributed by atoms with E-state index in [1.165, 1.54) is 0 Å². The van der Waals surface area contributed by atoms with Crippen molar-refractivity contribution >= 4 is 11.8 Å². The Bertz CT molecular complexity index is 448. The van der Waals surface area contributed by atoms with Gasteiger partial charge in [-0.05, 0) is 19.3 Å². The van der Waals surface area contributed by atoms with E-state index in [1.807, 2.05) is 9.80 Å². The number of amides is 2. The third-order valence-corrected chi connectivity index (χ3v) is 4.86. The Morgan fingerprint density at radius 3 is 2.74 bits per heavy atom. The van der Waals surface area contributed by atoms with Crippen LogP contribution in [-0.2, 0) is 9.59 Å². The van der Waals surface area contributed by atoms with E-state index in [2.05, 4.69) is 6.07 Å². The van der Waals surface area contributed by atoms with Gasteiger partial charge in [0.15, 0.2) is 0 Å². The fourth-order valence-electron chi connectivity index (χ4n) is 3.70. The van der Waals surface area contributed by atoms with Gasteiger partial charge < -0.3 is 9.80 Å². The van der Waals surface area contributed by atoms with Crippen molar-refractivity contribution in [2.45, 2.75) is 44.6 Å². The van der Waals surface area contributed by atoms with Gasteiger partial charge in [0, 0.05) is 32.1 Å². The summed E-state index contributed by atoms with van der Waals surface area (Å²) >= 11 is 0. The van der Waals surface area contributed by atoms with Gasteiger partial charge in [0.1, 0.15) is 5.41 Å². The van der Waals surface area contributed by atoms with E-state index in [0.29, 0.717) is 38.9 Å². The van der Waals surface area contributed by atoms with E-state index >= 15 is 0 Å². The summed E-state index contributed by atoms with van der Waals surface area (Å²) in [7, 11) is 0. The van der Waals surface area contributed by atoms with Crippen LogP contribution in [0.2, 0.25) is 0 Å². The summed E-state index contributed by atoms with van der Waals surface area (Å²) in [5, 5.41) is 9.39. The second kappa shape index (κ2) is 4.52. The quantitative estimate of drug-likeness (QED) is 0.704. The van der Waals surface area contributed by atoms with Crippen molar-refractivity contribution in [2.75, 3.05) is 19.6 Å². The number of carbonyl (C=O) groups is 2. The maximum absolute atomic E-state index is 12.6. The molecule has 1 atom stereocenters. The molecule has 102 valence electrons. The minimum absolute atomic E-state index is 0.00602. The number of carbonyl (C=O) groups excluding carboxylic acids is 2. The largest absolute Gasteiger partial charge is 0.337 e. The first-order valence-electron chi connectivity index (χ1n) is 7.16. The molecule has 0 radical (unpaired) electrons. The maximum Gasteiger partial charge on any atom is 0.243 e. The van der Waals surface area contributed by atoms with Crippen LogP contribution >= 0.6 is 0 Å². The molecule has 0 N–H and O–H groups in total. The van der Waals surface area contributed by atoms with Gasteiger partial charge in [-0.1, -0.05) is 12.8 Å². The van der Waals surface area contributed by atoms with E-state index in [9.17, 15) is 14.9 Å². The lowest BCUT2D eigenvalue weighted by atomic mass is 9.86. The van der Waals surface area contributed by atoms with Crippen molar-refractivity contribution in [2.24, 2.45) is 5.41 Å². The molecule has 3 rings (SSSR count). The molecule has 3 fully saturated rings. The van der Waals surface area contributed by atoms with Crippen molar-refractivity contribution in [3.8, 4) is 6.07 Å². The highest BCUT2D eigenvalue weighted by atomic mass is 16.2. The molecule has 5 nitrogen and oxygen atoms in total. The van der Waals surface area contributed by atoms with Crippen LogP contribution in [-0.4, -0.2) is 47.3 Å². The second-order valence-electron chi connectivity index (χ2n) is 5.93. The lowest BCUT2D eigenvalue weighted by Gasteiger charge is -2.40. The molecule has 0 bridgehead atoms. The van der Waals surface area contributed by atoms with Gasteiger partial charge in [-0.3, -0.25) is 9.59 Å². The highest BCUT2D eigenvalue weighted by molar-refractivity contribution is 5.86. The molecule has 2 heterocycles. The number of hydrogen-bond donors (Lipinski definition) is 0. The summed E-state index contributed by atoms with van der Waals surface area (Å²) in [6, 6.07) is 2.45. The molecule has 1 unspecified atom stereocenters. The topological polar surface area (TPSA) is 64.4 Å². The number of fused-ring (bicyclic) bond motifs is 1. The van der Waals surface area contributed by atoms with Gasteiger partial charge in [0.2, 0.25) is 11.8 Å². The van der Waals surface area contributed by atoms with E-state index in [0.717, 1.165) is 19.3 Å². The standard InChI is InChI=1S/C14H19N3O2/c15-10-14(5-1-2-6-14)13(19)16-7-8-17-11(9-16)3-4-12(17)18/h11H,1-9H2. The molecule has 0 aromatic heterocycles. The third-order valence-electron chi connectivity index (χ3n) is 4.86. The van der Waals surface area contributed by atoms with Gasteiger partial charge >= 0.3 is 0 Å². The van der Waals surface area contributed by atoms with Crippen molar-refractivity contribution in [3.63, 3.8) is 0 Å². The summed E-state index contributed by atoms with van der Waals surface area (Å²) in [6.45, 7) is 1.84. The first kappa shape index (κ1) is 12.5. The van der Waals surface area contributed by atoms with Crippen molar-refractivity contribution in [1.82, 2.24) is 9.80 Å². The highest BCUT2D eigenvalue weighted by Crippen LogP contribution is 2.39. The lowest BCUT2D eigenvalue weighted by molar-refractivity contribution is -0.144. The maximum atomic E-state index is 12.6. The Hall–Kier alpha value is -1.57. The molecule has 19 heavy (non-hydrogen) atoms. The molecule has 0 aromatic carbocycles. The molecule has 0 aromatic rings. The van der Waals surface area contributed by atoms with Crippen molar-refractivity contribution in [1.29, 1.82) is 5.26 Å². The molecule has 3 aliphatic rings. The smallest absolute Gasteiger partial charge is 0.243 e. The normalized spacial score (nSPS) is 29.2. The van der Waals surface area contributed by atoms with Crippen molar-refractivity contribution < 1.29 is 9.59 Å². The highest BCUT2D eigenvalue weighted by Gasteiger charge is 2.46. The van der Waals surface area contributed by atoms with Crippen LogP contribution in [0, 0.1) is 16.7 Å². The number of hydrogen-bond acceptors (Lipinski definition) is 3. The molecule has 2 amide bonds. The first-order chi connectivity index (χ1) is 9.16. The average Bonchev–Trinajstić information content (AvgIpc) is 3.06. The summed E-state index contributed by atoms with van der Waals surface area (Å²) in [5.41, 5.74) is -0.773. The van der Waals surface area contributed by atoms with E-state index in [4.69, 9.17) is 0 Å². The van der Waals surface area contributed by atoms with Gasteiger partial charge in [-0.2, -0.15) is 5.26 Å². The first-order valence-corrected chi connectivity index (χ1v) is 7.16. The van der Waals surface area contributed by atoms with E-state index in [-0.39, 0.29) is 17.9 Å². The van der Waals surface area contributed by atoms with Gasteiger partial charge in [0.25, 0.3) is 0 Å². The Labute approximate surface area is 113 Å². The Kier molecular flexibility index (Phi) is 2.96. The lowest BCUT2D eigenvalue weighted by Crippen LogP contribution is -2.56. The SMILES string of the molecule is N#CC1(C(=O)N2CCN3C(=O)CCC3C2)CCCC1. The van der Waals surface area contributed by atoms with Gasteiger partial charge in [-0.15, -0.1) is 0 Å². The second-order valence-corrected chi connectivity index (χ2v) is 5.93. The van der Waals surface area contributed by atoms with Crippen LogP contribution in [0.4, 0.5) is 0 Å². The summed E-state index contributed by atoms with van der Waals surface area (Å²) in [6.07, 6.45) is 4.80. The monoisotopic (exact) mass is 261 g/mol. The van der Waals surface area contributed by atoms with Crippen LogP contribution in [0.5, 0.6) is 0 Å². The number of nitrogens with zero attached hydrogens (tertiary/aromatic N) is 3. The van der Waals surface area contributed by atoms with Crippen LogP contribution < -0.4 is 0 Å². The van der Waals surface area contributed by atoms with E-state index < -0.39 is 5.41 Å². The summed E-state index contributed by atoms with van der Waals surface area (Å²) < 4.78 is 0. The van der Waals surface area contributed by atoms with E-state index in [1.54, 1.807) is 0 Å². The number of nitriles is 1. The summed E-state index contributed by atoms with van der Waals surface area (Å²) in [4.78, 5) is 28.0. The minimum atomic E-state index is -0.773. The van der Waals surface area contributed by atoms with Gasteiger partial charge in [-0.25, -0.2) is 0 Å². The molecule has 5 heteroatoms. The molecule has 1 saturated carbocycles. The molecule has 2 saturated heterocycles. The van der Waals surface area contributed by atoms with Crippen LogP contribution in [0.1, 0.15) is 38.5 Å². The fourth-order valence-corrected chi connectivity index (χ4v) is 3.70.